The minimum atomic E-state index is -0.389. The van der Waals surface area contributed by atoms with Crippen molar-refractivity contribution < 1.29 is 9.90 Å². The molecule has 3 N–H and O–H groups in total. The van der Waals surface area contributed by atoms with Crippen molar-refractivity contribution in [3.8, 4) is 16.9 Å². The van der Waals surface area contributed by atoms with E-state index in [0.717, 1.165) is 41.8 Å². The molecule has 1 aromatic carbocycles. The molecule has 1 heterocycles. The van der Waals surface area contributed by atoms with Gasteiger partial charge in [-0.2, -0.15) is 0 Å². The molecule has 0 radical (unpaired) electrons. The monoisotopic (exact) mass is 354 g/mol. The molecule has 26 heavy (non-hydrogen) atoms. The Kier molecular flexibility index (Phi) is 5.70. The minimum Gasteiger partial charge on any atom is -0.508 e. The number of benzene rings is 1. The minimum absolute atomic E-state index is 0.205. The van der Waals surface area contributed by atoms with Crippen LogP contribution in [0.2, 0.25) is 0 Å². The van der Waals surface area contributed by atoms with Crippen LogP contribution in [0.5, 0.6) is 5.75 Å². The largest absolute Gasteiger partial charge is 0.508 e. The molecule has 3 rings (SSSR count). The highest BCUT2D eigenvalue weighted by Crippen LogP contribution is 2.39. The number of hydrogen-bond acceptors (Lipinski definition) is 2. The predicted octanol–water partition coefficient (Wildman–Crippen LogP) is 5.12. The molecule has 0 unspecified atom stereocenters. The molecular weight excluding hydrogens is 324 g/mol. The molecule has 1 aliphatic carbocycles. The standard InChI is InChI=1S/C22H30N2O2/c1-3-19-21(16-10-9-13-18(25)14-16)20(22(23)26)15(2)24(19)17-11-7-5-4-6-8-12-17/h9-10,13-14,17,25H,3-8,11-12H2,1-2H3,(H2,23,26). The molecule has 4 nitrogen and oxygen atoms in total. The third-order valence-corrected chi connectivity index (χ3v) is 5.71. The molecule has 0 atom stereocenters. The van der Waals surface area contributed by atoms with E-state index in [-0.39, 0.29) is 11.7 Å². The number of nitrogens with zero attached hydrogens (tertiary/aromatic N) is 1. The van der Waals surface area contributed by atoms with Crippen molar-refractivity contribution in [3.05, 3.63) is 41.2 Å². The average molecular weight is 354 g/mol. The van der Waals surface area contributed by atoms with Gasteiger partial charge < -0.3 is 15.4 Å². The number of carbonyl (C=O) groups excluding carboxylic acids is 1. The maximum Gasteiger partial charge on any atom is 0.251 e. The molecule has 0 spiro atoms. The van der Waals surface area contributed by atoms with Crippen LogP contribution in [0.25, 0.3) is 11.1 Å². The maximum absolute atomic E-state index is 12.3. The van der Waals surface area contributed by atoms with Gasteiger partial charge in [0.1, 0.15) is 5.75 Å². The molecule has 1 aliphatic rings. The van der Waals surface area contributed by atoms with E-state index in [2.05, 4.69) is 11.5 Å². The van der Waals surface area contributed by atoms with Crippen LogP contribution in [-0.2, 0) is 6.42 Å². The van der Waals surface area contributed by atoms with Gasteiger partial charge >= 0.3 is 0 Å². The first kappa shape index (κ1) is 18.6. The zero-order valence-corrected chi connectivity index (χ0v) is 15.9. The molecule has 1 saturated carbocycles. The Morgan fingerprint density at radius 1 is 1.19 bits per heavy atom. The SMILES string of the molecule is CCc1c(-c2cccc(O)c2)c(C(N)=O)c(C)n1C1CCCCCCC1. The molecule has 2 aromatic rings. The van der Waals surface area contributed by atoms with Crippen molar-refractivity contribution in [2.75, 3.05) is 0 Å². The smallest absolute Gasteiger partial charge is 0.251 e. The lowest BCUT2D eigenvalue weighted by Crippen LogP contribution is -2.17. The van der Waals surface area contributed by atoms with Crippen LogP contribution in [0.4, 0.5) is 0 Å². The van der Waals surface area contributed by atoms with Gasteiger partial charge in [0.15, 0.2) is 0 Å². The van der Waals surface area contributed by atoms with Crippen LogP contribution in [0, 0.1) is 6.92 Å². The van der Waals surface area contributed by atoms with E-state index in [1.807, 2.05) is 19.1 Å². The first-order valence-corrected chi connectivity index (χ1v) is 9.87. The number of primary amides is 1. The van der Waals surface area contributed by atoms with Crippen LogP contribution >= 0.6 is 0 Å². The molecule has 1 aromatic heterocycles. The molecule has 0 aliphatic heterocycles. The highest BCUT2D eigenvalue weighted by Gasteiger charge is 2.27. The summed E-state index contributed by atoms with van der Waals surface area (Å²) in [6.07, 6.45) is 9.52. The third kappa shape index (κ3) is 3.50. The van der Waals surface area contributed by atoms with Crippen molar-refractivity contribution in [1.82, 2.24) is 4.57 Å². The number of aromatic nitrogens is 1. The number of carbonyl (C=O) groups is 1. The van der Waals surface area contributed by atoms with E-state index in [1.165, 1.54) is 32.1 Å². The van der Waals surface area contributed by atoms with E-state index in [4.69, 9.17) is 5.73 Å². The van der Waals surface area contributed by atoms with Crippen molar-refractivity contribution in [2.45, 2.75) is 71.3 Å². The normalized spacial score (nSPS) is 16.2. The molecule has 1 amide bonds. The summed E-state index contributed by atoms with van der Waals surface area (Å²) in [5.74, 6) is -0.184. The Bertz CT molecular complexity index is 784. The molecule has 0 bridgehead atoms. The van der Waals surface area contributed by atoms with Gasteiger partial charge in [0.05, 0.1) is 5.56 Å². The summed E-state index contributed by atoms with van der Waals surface area (Å²) in [5, 5.41) is 9.94. The number of hydrogen-bond donors (Lipinski definition) is 2. The second kappa shape index (κ2) is 7.98. The molecule has 4 heteroatoms. The quantitative estimate of drug-likeness (QED) is 0.800. The molecule has 140 valence electrons. The van der Waals surface area contributed by atoms with Gasteiger partial charge in [-0.15, -0.1) is 0 Å². The lowest BCUT2D eigenvalue weighted by molar-refractivity contribution is 0.1000. The predicted molar refractivity (Wildman–Crippen MR) is 106 cm³/mol. The number of phenolic OH excluding ortho intramolecular Hbond substituents is 1. The van der Waals surface area contributed by atoms with Crippen LogP contribution in [0.3, 0.4) is 0 Å². The highest BCUT2D eigenvalue weighted by molar-refractivity contribution is 6.02. The Morgan fingerprint density at radius 3 is 2.42 bits per heavy atom. The Morgan fingerprint density at radius 2 is 1.85 bits per heavy atom. The zero-order valence-electron chi connectivity index (χ0n) is 15.9. The summed E-state index contributed by atoms with van der Waals surface area (Å²) < 4.78 is 2.38. The number of aromatic hydroxyl groups is 1. The van der Waals surface area contributed by atoms with Gasteiger partial charge in [0.2, 0.25) is 0 Å². The van der Waals surface area contributed by atoms with E-state index in [0.29, 0.717) is 11.6 Å². The van der Waals surface area contributed by atoms with E-state index >= 15 is 0 Å². The first-order chi connectivity index (χ1) is 12.5. The molecule has 0 saturated heterocycles. The van der Waals surface area contributed by atoms with Gasteiger partial charge in [-0.25, -0.2) is 0 Å². The van der Waals surface area contributed by atoms with E-state index in [1.54, 1.807) is 12.1 Å². The lowest BCUT2D eigenvalue weighted by Gasteiger charge is -2.25. The third-order valence-electron chi connectivity index (χ3n) is 5.71. The van der Waals surface area contributed by atoms with Crippen molar-refractivity contribution >= 4 is 5.91 Å². The van der Waals surface area contributed by atoms with Gasteiger partial charge in [0, 0.05) is 23.0 Å². The fourth-order valence-corrected chi connectivity index (χ4v) is 4.58. The highest BCUT2D eigenvalue weighted by atomic mass is 16.3. The van der Waals surface area contributed by atoms with Crippen LogP contribution in [0.15, 0.2) is 24.3 Å². The van der Waals surface area contributed by atoms with Gasteiger partial charge in [-0.05, 0) is 43.9 Å². The average Bonchev–Trinajstić information content (AvgIpc) is 2.87. The zero-order chi connectivity index (χ0) is 18.7. The fraction of sp³-hybridized carbons (Fsp3) is 0.500. The first-order valence-electron chi connectivity index (χ1n) is 9.87. The summed E-state index contributed by atoms with van der Waals surface area (Å²) in [6.45, 7) is 4.15. The van der Waals surface area contributed by atoms with E-state index in [9.17, 15) is 9.90 Å². The molecular formula is C22H30N2O2. The fourth-order valence-electron chi connectivity index (χ4n) is 4.58. The Balaban J connectivity index is 2.19. The maximum atomic E-state index is 12.3. The number of nitrogens with two attached hydrogens (primary N) is 1. The topological polar surface area (TPSA) is 68.2 Å². The Hall–Kier alpha value is -2.23. The van der Waals surface area contributed by atoms with Gasteiger partial charge in [0.25, 0.3) is 5.91 Å². The Labute approximate surface area is 156 Å². The van der Waals surface area contributed by atoms with Crippen molar-refractivity contribution in [2.24, 2.45) is 5.73 Å². The van der Waals surface area contributed by atoms with Gasteiger partial charge in [-0.3, -0.25) is 4.79 Å². The van der Waals surface area contributed by atoms with Crippen LogP contribution in [0.1, 0.15) is 79.7 Å². The van der Waals surface area contributed by atoms with Crippen molar-refractivity contribution in [1.29, 1.82) is 0 Å². The van der Waals surface area contributed by atoms with Crippen LogP contribution < -0.4 is 5.73 Å². The van der Waals surface area contributed by atoms with Gasteiger partial charge in [-0.1, -0.05) is 51.2 Å². The van der Waals surface area contributed by atoms with Crippen LogP contribution in [-0.4, -0.2) is 15.6 Å². The second-order valence-corrected chi connectivity index (χ2v) is 7.42. The summed E-state index contributed by atoms with van der Waals surface area (Å²) >= 11 is 0. The van der Waals surface area contributed by atoms with Crippen molar-refractivity contribution in [3.63, 3.8) is 0 Å². The molecule has 1 fully saturated rings. The summed E-state index contributed by atoms with van der Waals surface area (Å²) in [5.41, 5.74) is 10.3. The second-order valence-electron chi connectivity index (χ2n) is 7.42. The summed E-state index contributed by atoms with van der Waals surface area (Å²) in [6, 6.07) is 7.56. The van der Waals surface area contributed by atoms with E-state index < -0.39 is 0 Å². The number of rotatable bonds is 4. The number of phenols is 1. The summed E-state index contributed by atoms with van der Waals surface area (Å²) in [7, 11) is 0. The summed E-state index contributed by atoms with van der Waals surface area (Å²) in [4.78, 5) is 12.3. The lowest BCUT2D eigenvalue weighted by atomic mass is 9.96. The number of amides is 1.